The van der Waals surface area contributed by atoms with E-state index in [1.54, 1.807) is 0 Å². The second kappa shape index (κ2) is 7.61. The van der Waals surface area contributed by atoms with Crippen LogP contribution in [0.2, 0.25) is 0 Å². The molecule has 3 unspecified atom stereocenters. The lowest BCUT2D eigenvalue weighted by atomic mass is 9.79. The van der Waals surface area contributed by atoms with E-state index in [-0.39, 0.29) is 24.4 Å². The fraction of sp³-hybridized carbons (Fsp3) is 1.00. The van der Waals surface area contributed by atoms with Gasteiger partial charge in [-0.1, -0.05) is 33.6 Å². The van der Waals surface area contributed by atoms with E-state index in [1.165, 1.54) is 25.7 Å². The summed E-state index contributed by atoms with van der Waals surface area (Å²) < 4.78 is 12.0. The van der Waals surface area contributed by atoms with Gasteiger partial charge < -0.3 is 14.6 Å². The summed E-state index contributed by atoms with van der Waals surface area (Å²) in [6, 6.07) is 0. The molecule has 3 atom stereocenters. The highest BCUT2D eigenvalue weighted by Gasteiger charge is 2.42. The monoisotopic (exact) mass is 272 g/mol. The number of aliphatic hydroxyl groups excluding tert-OH is 1. The zero-order valence-corrected chi connectivity index (χ0v) is 13.3. The Kier molecular flexibility index (Phi) is 6.78. The zero-order valence-electron chi connectivity index (χ0n) is 13.3. The highest BCUT2D eigenvalue weighted by atomic mass is 16.6. The van der Waals surface area contributed by atoms with E-state index in [2.05, 4.69) is 27.7 Å². The van der Waals surface area contributed by atoms with Crippen molar-refractivity contribution >= 4 is 0 Å². The van der Waals surface area contributed by atoms with Crippen molar-refractivity contribution in [1.29, 1.82) is 0 Å². The molecule has 0 spiro atoms. The van der Waals surface area contributed by atoms with Crippen LogP contribution in [0.5, 0.6) is 0 Å². The Bertz CT molecular complexity index is 246. The fourth-order valence-corrected chi connectivity index (χ4v) is 3.05. The first-order valence-corrected chi connectivity index (χ1v) is 7.81. The van der Waals surface area contributed by atoms with Crippen molar-refractivity contribution in [3.8, 4) is 0 Å². The molecule has 0 heterocycles. The molecule has 1 N–H and O–H groups in total. The number of aliphatic hydroxyl groups is 1. The van der Waals surface area contributed by atoms with Gasteiger partial charge >= 0.3 is 0 Å². The molecule has 0 aliphatic heterocycles. The molecule has 0 saturated heterocycles. The Morgan fingerprint density at radius 3 is 2.05 bits per heavy atom. The van der Waals surface area contributed by atoms with Gasteiger partial charge in [0.15, 0.2) is 0 Å². The average Bonchev–Trinajstić information content (AvgIpc) is 2.84. The third kappa shape index (κ3) is 4.73. The second-order valence-electron chi connectivity index (χ2n) is 6.56. The molecule has 3 heteroatoms. The maximum absolute atomic E-state index is 8.98. The largest absolute Gasteiger partial charge is 0.394 e. The standard InChI is InChI=1S/C16H32O3/c1-12(2)15(5)16(8-6-7-9-16)19-14(4)11-18-13(3)10-17/h12-15,17H,6-11H2,1-5H3. The number of hydrogen-bond donors (Lipinski definition) is 1. The van der Waals surface area contributed by atoms with E-state index in [9.17, 15) is 0 Å². The van der Waals surface area contributed by atoms with Gasteiger partial charge in [-0.05, 0) is 38.5 Å². The van der Waals surface area contributed by atoms with Gasteiger partial charge in [-0.15, -0.1) is 0 Å². The molecule has 114 valence electrons. The van der Waals surface area contributed by atoms with Crippen LogP contribution >= 0.6 is 0 Å². The van der Waals surface area contributed by atoms with E-state index in [0.717, 1.165) is 0 Å². The first-order chi connectivity index (χ1) is 8.91. The van der Waals surface area contributed by atoms with E-state index in [1.807, 2.05) is 6.92 Å². The molecule has 1 rings (SSSR count). The van der Waals surface area contributed by atoms with Crippen LogP contribution in [0.3, 0.4) is 0 Å². The number of ether oxygens (including phenoxy) is 2. The number of rotatable bonds is 8. The van der Waals surface area contributed by atoms with Gasteiger partial charge in [-0.3, -0.25) is 0 Å². The van der Waals surface area contributed by atoms with E-state index in [0.29, 0.717) is 18.4 Å². The van der Waals surface area contributed by atoms with Crippen LogP contribution in [-0.4, -0.2) is 36.1 Å². The topological polar surface area (TPSA) is 38.7 Å². The summed E-state index contributed by atoms with van der Waals surface area (Å²) in [4.78, 5) is 0. The van der Waals surface area contributed by atoms with Crippen LogP contribution in [0.1, 0.15) is 60.3 Å². The van der Waals surface area contributed by atoms with Crippen molar-refractivity contribution in [1.82, 2.24) is 0 Å². The molecule has 19 heavy (non-hydrogen) atoms. The fourth-order valence-electron chi connectivity index (χ4n) is 3.05. The molecule has 0 amide bonds. The molecule has 0 radical (unpaired) electrons. The molecule has 3 nitrogen and oxygen atoms in total. The van der Waals surface area contributed by atoms with Crippen molar-refractivity contribution < 1.29 is 14.6 Å². The minimum Gasteiger partial charge on any atom is -0.394 e. The third-order valence-corrected chi connectivity index (χ3v) is 4.59. The van der Waals surface area contributed by atoms with Crippen LogP contribution < -0.4 is 0 Å². The van der Waals surface area contributed by atoms with Crippen LogP contribution in [0.25, 0.3) is 0 Å². The Labute approximate surface area is 118 Å². The first-order valence-electron chi connectivity index (χ1n) is 7.81. The van der Waals surface area contributed by atoms with Gasteiger partial charge in [0.05, 0.1) is 31.0 Å². The summed E-state index contributed by atoms with van der Waals surface area (Å²) >= 11 is 0. The summed E-state index contributed by atoms with van der Waals surface area (Å²) in [6.45, 7) is 11.5. The molecule has 0 aromatic rings. The molecular formula is C16H32O3. The summed E-state index contributed by atoms with van der Waals surface area (Å²) in [5.74, 6) is 1.22. The number of hydrogen-bond acceptors (Lipinski definition) is 3. The molecule has 1 saturated carbocycles. The highest BCUT2D eigenvalue weighted by molar-refractivity contribution is 4.92. The van der Waals surface area contributed by atoms with Crippen LogP contribution in [0.4, 0.5) is 0 Å². The Morgan fingerprint density at radius 2 is 1.58 bits per heavy atom. The molecule has 1 aliphatic carbocycles. The predicted molar refractivity (Wildman–Crippen MR) is 78.2 cm³/mol. The van der Waals surface area contributed by atoms with Crippen molar-refractivity contribution in [3.63, 3.8) is 0 Å². The molecule has 0 bridgehead atoms. The second-order valence-corrected chi connectivity index (χ2v) is 6.56. The van der Waals surface area contributed by atoms with Crippen molar-refractivity contribution in [2.45, 2.75) is 78.1 Å². The van der Waals surface area contributed by atoms with Crippen LogP contribution in [0.15, 0.2) is 0 Å². The Hall–Kier alpha value is -0.120. The summed E-state index contributed by atoms with van der Waals surface area (Å²) in [6.07, 6.45) is 4.88. The van der Waals surface area contributed by atoms with Crippen LogP contribution in [-0.2, 0) is 9.47 Å². The van der Waals surface area contributed by atoms with Crippen molar-refractivity contribution in [3.05, 3.63) is 0 Å². The first kappa shape index (κ1) is 16.9. The smallest absolute Gasteiger partial charge is 0.0788 e. The van der Waals surface area contributed by atoms with Gasteiger partial charge in [0, 0.05) is 0 Å². The minimum absolute atomic E-state index is 0.0411. The third-order valence-electron chi connectivity index (χ3n) is 4.59. The highest BCUT2D eigenvalue weighted by Crippen LogP contribution is 2.43. The predicted octanol–water partition coefficient (Wildman–Crippen LogP) is 3.39. The molecule has 0 aromatic heterocycles. The summed E-state index contributed by atoms with van der Waals surface area (Å²) in [7, 11) is 0. The molecule has 1 fully saturated rings. The molecule has 0 aromatic carbocycles. The van der Waals surface area contributed by atoms with Gasteiger partial charge in [0.1, 0.15) is 0 Å². The van der Waals surface area contributed by atoms with Crippen molar-refractivity contribution in [2.75, 3.05) is 13.2 Å². The maximum Gasteiger partial charge on any atom is 0.0788 e. The van der Waals surface area contributed by atoms with Gasteiger partial charge in [0.25, 0.3) is 0 Å². The zero-order chi connectivity index (χ0) is 14.5. The van der Waals surface area contributed by atoms with E-state index in [4.69, 9.17) is 14.6 Å². The van der Waals surface area contributed by atoms with Crippen LogP contribution in [0, 0.1) is 11.8 Å². The lowest BCUT2D eigenvalue weighted by molar-refractivity contribution is -0.149. The average molecular weight is 272 g/mol. The van der Waals surface area contributed by atoms with Gasteiger partial charge in [-0.25, -0.2) is 0 Å². The Balaban J connectivity index is 2.53. The summed E-state index contributed by atoms with van der Waals surface area (Å²) in [5.41, 5.74) is 0.0411. The SMILES string of the molecule is CC(CO)OCC(C)OC1(C(C)C(C)C)CCCC1. The van der Waals surface area contributed by atoms with E-state index < -0.39 is 0 Å². The molecular weight excluding hydrogens is 240 g/mol. The van der Waals surface area contributed by atoms with Gasteiger partial charge in [0.2, 0.25) is 0 Å². The van der Waals surface area contributed by atoms with E-state index >= 15 is 0 Å². The Morgan fingerprint density at radius 1 is 1.00 bits per heavy atom. The minimum atomic E-state index is -0.104. The van der Waals surface area contributed by atoms with Gasteiger partial charge in [-0.2, -0.15) is 0 Å². The maximum atomic E-state index is 8.98. The molecule has 1 aliphatic rings. The summed E-state index contributed by atoms with van der Waals surface area (Å²) in [5, 5.41) is 8.98. The lowest BCUT2D eigenvalue weighted by Crippen LogP contribution is -2.43. The quantitative estimate of drug-likeness (QED) is 0.736. The lowest BCUT2D eigenvalue weighted by Gasteiger charge is -2.40. The van der Waals surface area contributed by atoms with Crippen molar-refractivity contribution in [2.24, 2.45) is 11.8 Å². The normalized spacial score (nSPS) is 23.5.